The molecule has 4 aromatic rings. The Morgan fingerprint density at radius 1 is 1.09 bits per heavy atom. The lowest BCUT2D eigenvalue weighted by Crippen LogP contribution is -2.51. The van der Waals surface area contributed by atoms with Gasteiger partial charge in [0.05, 0.1) is 6.04 Å². The van der Waals surface area contributed by atoms with Gasteiger partial charge in [-0.2, -0.15) is 0 Å². The van der Waals surface area contributed by atoms with Crippen LogP contribution in [0.15, 0.2) is 54.6 Å². The van der Waals surface area contributed by atoms with E-state index in [1.165, 1.54) is 23.5 Å². The summed E-state index contributed by atoms with van der Waals surface area (Å²) in [6.45, 7) is 5.71. The second-order valence-electron chi connectivity index (χ2n) is 8.47. The summed E-state index contributed by atoms with van der Waals surface area (Å²) in [5.41, 5.74) is 2.73. The summed E-state index contributed by atoms with van der Waals surface area (Å²) in [5.74, 6) is 1.36. The first-order valence-electron chi connectivity index (χ1n) is 11.1. The Labute approximate surface area is 221 Å². The van der Waals surface area contributed by atoms with Crippen molar-refractivity contribution in [2.75, 3.05) is 18.4 Å². The second-order valence-corrected chi connectivity index (χ2v) is 11.2. The number of rotatable bonds is 8. The summed E-state index contributed by atoms with van der Waals surface area (Å²) >= 11 is 3.54. The van der Waals surface area contributed by atoms with Crippen molar-refractivity contribution < 1.29 is 18.4 Å². The number of carbonyl (C=O) groups is 1. The molecular formula is C26H23FIN2O3PS. The third-order valence-electron chi connectivity index (χ3n) is 5.93. The van der Waals surface area contributed by atoms with Crippen LogP contribution in [0.3, 0.4) is 0 Å². The average Bonchev–Trinajstić information content (AvgIpc) is 3.14. The lowest BCUT2D eigenvalue weighted by molar-refractivity contribution is 0.103. The highest BCUT2D eigenvalue weighted by atomic mass is 127. The highest BCUT2D eigenvalue weighted by Crippen LogP contribution is 2.44. The quantitative estimate of drug-likeness (QED) is 0.122. The number of carbonyl (C=O) groups excluding carboxylic acids is 1. The molecule has 1 unspecified atom stereocenters. The third-order valence-corrected chi connectivity index (χ3v) is 8.04. The van der Waals surface area contributed by atoms with Crippen LogP contribution in [-0.4, -0.2) is 24.9 Å². The molecule has 1 saturated heterocycles. The zero-order valence-electron chi connectivity index (χ0n) is 19.1. The molecule has 0 bridgehead atoms. The minimum absolute atomic E-state index is 0.176. The number of ketones is 1. The van der Waals surface area contributed by atoms with Gasteiger partial charge in [-0.1, -0.05) is 0 Å². The average molecular weight is 620 g/mol. The smallest absolute Gasteiger partial charge is 0.207 e. The Morgan fingerprint density at radius 3 is 2.40 bits per heavy atom. The largest absolute Gasteiger partial charge is 0.467 e. The molecule has 9 heteroatoms. The number of ether oxygens (including phenoxy) is 1. The monoisotopic (exact) mass is 620 g/mol. The third kappa shape index (κ3) is 5.16. The molecule has 35 heavy (non-hydrogen) atoms. The van der Waals surface area contributed by atoms with Gasteiger partial charge in [0.25, 0.3) is 0 Å². The first kappa shape index (κ1) is 24.4. The van der Waals surface area contributed by atoms with E-state index in [0.29, 0.717) is 39.1 Å². The fourth-order valence-corrected chi connectivity index (χ4v) is 6.24. The maximum Gasteiger partial charge on any atom is 0.207 e. The number of thiophene rings is 1. The van der Waals surface area contributed by atoms with Crippen LogP contribution < -0.4 is 19.9 Å². The number of benzene rings is 3. The highest BCUT2D eigenvalue weighted by Gasteiger charge is 2.25. The van der Waals surface area contributed by atoms with Crippen LogP contribution in [0.25, 0.3) is 10.1 Å². The Bertz CT molecular complexity index is 1380. The normalized spacial score (nSPS) is 13.8. The van der Waals surface area contributed by atoms with Crippen molar-refractivity contribution in [3.05, 3.63) is 82.0 Å². The van der Waals surface area contributed by atoms with E-state index in [-0.39, 0.29) is 18.1 Å². The first-order valence-corrected chi connectivity index (χ1v) is 15.9. The number of fused-ring (bicyclic) bond motifs is 1. The van der Waals surface area contributed by atoms with Crippen LogP contribution in [0, 0.1) is 19.7 Å². The number of hydrogen-bond acceptors (Lipinski definition) is 6. The number of aryl methyl sites for hydroxylation is 2. The molecule has 0 saturated carbocycles. The lowest BCUT2D eigenvalue weighted by atomic mass is 9.97. The van der Waals surface area contributed by atoms with E-state index in [1.807, 2.05) is 42.5 Å². The molecule has 5 nitrogen and oxygen atoms in total. The second kappa shape index (κ2) is 10.4. The zero-order chi connectivity index (χ0) is 24.5. The van der Waals surface area contributed by atoms with Gasteiger partial charge in [0.15, 0.2) is 5.75 Å². The van der Waals surface area contributed by atoms with Crippen LogP contribution >= 0.6 is 39.8 Å². The van der Waals surface area contributed by atoms with Crippen LogP contribution in [-0.2, 0) is 0 Å². The summed E-state index contributed by atoms with van der Waals surface area (Å²) in [4.78, 5) is 14.2. The van der Waals surface area contributed by atoms with Crippen molar-refractivity contribution in [3.8, 4) is 17.2 Å². The van der Waals surface area contributed by atoms with Gasteiger partial charge in [-0.25, -0.2) is 4.39 Å². The summed E-state index contributed by atoms with van der Waals surface area (Å²) in [6, 6.07) is 16.7. The van der Waals surface area contributed by atoms with Gasteiger partial charge in [0.1, 0.15) is 28.6 Å². The molecule has 1 aromatic heterocycles. The lowest BCUT2D eigenvalue weighted by Gasteiger charge is -2.29. The molecule has 3 aromatic carbocycles. The first-order chi connectivity index (χ1) is 16.9. The van der Waals surface area contributed by atoms with Crippen molar-refractivity contribution in [3.63, 3.8) is 0 Å². The maximum atomic E-state index is 13.9. The minimum Gasteiger partial charge on any atom is -0.467 e. The minimum atomic E-state index is -0.350. The summed E-state index contributed by atoms with van der Waals surface area (Å²) in [7, 11) is 0. The summed E-state index contributed by atoms with van der Waals surface area (Å²) in [5, 5.41) is 7.55. The van der Waals surface area contributed by atoms with E-state index in [2.05, 4.69) is 32.7 Å². The van der Waals surface area contributed by atoms with Crippen molar-refractivity contribution in [2.24, 2.45) is 0 Å². The van der Waals surface area contributed by atoms with Gasteiger partial charge in [-0.15, -0.1) is 11.3 Å². The van der Waals surface area contributed by atoms with Gasteiger partial charge >= 0.3 is 0 Å². The van der Waals surface area contributed by atoms with Crippen molar-refractivity contribution in [1.82, 2.24) is 5.32 Å². The zero-order valence-corrected chi connectivity index (χ0v) is 23.1. The fraction of sp³-hybridized carbons (Fsp3) is 0.192. The predicted molar refractivity (Wildman–Crippen MR) is 151 cm³/mol. The molecule has 5 rings (SSSR count). The van der Waals surface area contributed by atoms with Gasteiger partial charge in [0, 0.05) is 34.4 Å². The highest BCUT2D eigenvalue weighted by molar-refractivity contribution is 14.2. The van der Waals surface area contributed by atoms with Gasteiger partial charge < -0.3 is 19.9 Å². The molecule has 2 N–H and O–H groups in total. The molecule has 1 fully saturated rings. The number of nitrogens with one attached hydrogen (secondary N) is 2. The Kier molecular flexibility index (Phi) is 7.25. The molecule has 0 amide bonds. The van der Waals surface area contributed by atoms with Crippen LogP contribution in [0.1, 0.15) is 26.4 Å². The van der Waals surface area contributed by atoms with Crippen molar-refractivity contribution >= 4 is 61.4 Å². The molecule has 2 heterocycles. The van der Waals surface area contributed by atoms with E-state index in [1.54, 1.807) is 13.8 Å². The molecule has 0 aliphatic carbocycles. The van der Waals surface area contributed by atoms with E-state index in [0.717, 1.165) is 34.6 Å². The molecule has 1 aliphatic rings. The molecule has 180 valence electrons. The molecule has 0 spiro atoms. The van der Waals surface area contributed by atoms with Gasteiger partial charge in [0.2, 0.25) is 5.78 Å². The topological polar surface area (TPSA) is 59.6 Å². The number of hydrogen-bond donors (Lipinski definition) is 2. The van der Waals surface area contributed by atoms with E-state index < -0.39 is 0 Å². The van der Waals surface area contributed by atoms with Crippen molar-refractivity contribution in [2.45, 2.75) is 19.9 Å². The maximum absolute atomic E-state index is 13.9. The summed E-state index contributed by atoms with van der Waals surface area (Å²) in [6.07, 6.45) is 0. The Morgan fingerprint density at radius 2 is 1.77 bits per heavy atom. The molecule has 1 aliphatic heterocycles. The fourth-order valence-electron chi connectivity index (χ4n) is 4.16. The number of anilines is 1. The van der Waals surface area contributed by atoms with Crippen LogP contribution in [0.5, 0.6) is 17.2 Å². The van der Waals surface area contributed by atoms with Crippen molar-refractivity contribution in [1.29, 1.82) is 0 Å². The number of halogens is 2. The van der Waals surface area contributed by atoms with E-state index >= 15 is 0 Å². The standard InChI is InChI=1S/C26H23FIN2O3PS/c1-14-9-16(27)10-15(2)23(14)24(31)26-25(21-8-7-20(33-34-28)11-22(21)35-26)32-19-5-3-17(4-6-19)30-18-12-29-13-18/h3-11,18,29-30,34H,12-13H2,1-2H3. The molecule has 1 atom stereocenters. The van der Waals surface area contributed by atoms with E-state index in [4.69, 9.17) is 9.26 Å². The predicted octanol–water partition coefficient (Wildman–Crippen LogP) is 7.39. The van der Waals surface area contributed by atoms with Crippen LogP contribution in [0.2, 0.25) is 0 Å². The van der Waals surface area contributed by atoms with E-state index in [9.17, 15) is 9.18 Å². The Hall–Kier alpha value is -2.26. The van der Waals surface area contributed by atoms with Gasteiger partial charge in [-0.05, 0) is 102 Å². The molecule has 0 radical (unpaired) electrons. The van der Waals surface area contributed by atoms with Gasteiger partial charge in [-0.3, -0.25) is 4.79 Å². The Balaban J connectivity index is 1.54. The van der Waals surface area contributed by atoms with Crippen LogP contribution in [0.4, 0.5) is 10.1 Å². The molecular weight excluding hydrogens is 597 g/mol. The summed E-state index contributed by atoms with van der Waals surface area (Å²) < 4.78 is 26.8. The SMILES string of the molecule is Cc1cc(F)cc(C)c1C(=O)c1sc2cc(OPI)ccc2c1Oc1ccc(NC2CNC2)cc1.